The van der Waals surface area contributed by atoms with Crippen LogP contribution < -0.4 is 0 Å². The highest BCUT2D eigenvalue weighted by molar-refractivity contribution is 9.10. The van der Waals surface area contributed by atoms with E-state index in [9.17, 15) is 5.11 Å². The van der Waals surface area contributed by atoms with Crippen LogP contribution in [0.5, 0.6) is 0 Å². The van der Waals surface area contributed by atoms with E-state index in [-0.39, 0.29) is 0 Å². The number of halogens is 1. The molecule has 0 bridgehead atoms. The van der Waals surface area contributed by atoms with Crippen molar-refractivity contribution in [2.75, 3.05) is 6.61 Å². The Hall–Kier alpha value is -1.17. The van der Waals surface area contributed by atoms with Crippen molar-refractivity contribution in [3.8, 4) is 0 Å². The molecule has 0 amide bonds. The molecule has 0 radical (unpaired) electrons. The van der Waals surface area contributed by atoms with Gasteiger partial charge in [-0.25, -0.2) is 4.98 Å². The van der Waals surface area contributed by atoms with Gasteiger partial charge >= 0.3 is 0 Å². The number of ether oxygens (including phenoxy) is 1. The molecule has 2 N–H and O–H groups in total. The summed E-state index contributed by atoms with van der Waals surface area (Å²) in [6.45, 7) is 0.805. The molecule has 0 aliphatic rings. The molecule has 1 unspecified atom stereocenters. The number of hydrogen-bond acceptors (Lipinski definition) is 3. The number of aliphatic hydroxyl groups is 1. The first-order valence-corrected chi connectivity index (χ1v) is 6.52. The zero-order valence-electron chi connectivity index (χ0n) is 9.84. The number of hydrogen-bond donors (Lipinski definition) is 2. The van der Waals surface area contributed by atoms with E-state index in [1.807, 2.05) is 24.3 Å². The molecule has 0 saturated carbocycles. The Morgan fingerprint density at radius 2 is 2.11 bits per heavy atom. The molecule has 1 atom stereocenters. The number of rotatable bonds is 6. The molecular formula is C13H15BrN2O2. The van der Waals surface area contributed by atoms with E-state index in [0.717, 1.165) is 15.9 Å². The molecule has 1 aromatic carbocycles. The Morgan fingerprint density at radius 1 is 1.33 bits per heavy atom. The molecule has 0 spiro atoms. The second-order valence-corrected chi connectivity index (χ2v) is 4.95. The van der Waals surface area contributed by atoms with E-state index >= 15 is 0 Å². The summed E-state index contributed by atoms with van der Waals surface area (Å²) in [6, 6.07) is 7.92. The highest BCUT2D eigenvalue weighted by Crippen LogP contribution is 2.11. The van der Waals surface area contributed by atoms with Gasteiger partial charge in [0.2, 0.25) is 0 Å². The summed E-state index contributed by atoms with van der Waals surface area (Å²) in [7, 11) is 0. The zero-order chi connectivity index (χ0) is 12.8. The van der Waals surface area contributed by atoms with Gasteiger partial charge in [0.05, 0.1) is 19.3 Å². The second-order valence-electron chi connectivity index (χ2n) is 4.04. The fraction of sp³-hybridized carbons (Fsp3) is 0.308. The van der Waals surface area contributed by atoms with Crippen LogP contribution in [-0.2, 0) is 17.8 Å². The number of aliphatic hydroxyl groups excluding tert-OH is 1. The van der Waals surface area contributed by atoms with E-state index in [4.69, 9.17) is 4.74 Å². The van der Waals surface area contributed by atoms with Crippen molar-refractivity contribution in [2.45, 2.75) is 19.1 Å². The molecule has 0 saturated heterocycles. The van der Waals surface area contributed by atoms with Gasteiger partial charge in [0.15, 0.2) is 0 Å². The molecule has 2 rings (SSSR count). The van der Waals surface area contributed by atoms with Crippen molar-refractivity contribution in [1.82, 2.24) is 9.97 Å². The molecule has 1 heterocycles. The SMILES string of the molecule is OC(COCc1ccc(Br)cc1)Cc1ncc[nH]1. The number of aromatic nitrogens is 2. The van der Waals surface area contributed by atoms with Crippen LogP contribution in [0.4, 0.5) is 0 Å². The quantitative estimate of drug-likeness (QED) is 0.860. The molecule has 1 aromatic heterocycles. The third kappa shape index (κ3) is 4.25. The highest BCUT2D eigenvalue weighted by atomic mass is 79.9. The fourth-order valence-electron chi connectivity index (χ4n) is 1.59. The zero-order valence-corrected chi connectivity index (χ0v) is 11.4. The summed E-state index contributed by atoms with van der Waals surface area (Å²) in [5, 5.41) is 9.75. The van der Waals surface area contributed by atoms with Crippen molar-refractivity contribution >= 4 is 15.9 Å². The number of aromatic amines is 1. The lowest BCUT2D eigenvalue weighted by atomic mass is 10.2. The largest absolute Gasteiger partial charge is 0.390 e. The molecule has 96 valence electrons. The van der Waals surface area contributed by atoms with Crippen LogP contribution in [0, 0.1) is 0 Å². The molecular weight excluding hydrogens is 296 g/mol. The third-order valence-corrected chi connectivity index (χ3v) is 3.00. The van der Waals surface area contributed by atoms with E-state index in [1.54, 1.807) is 12.4 Å². The fourth-order valence-corrected chi connectivity index (χ4v) is 1.85. The average Bonchev–Trinajstić information content (AvgIpc) is 2.84. The molecule has 5 heteroatoms. The summed E-state index contributed by atoms with van der Waals surface area (Å²) in [5.41, 5.74) is 1.09. The van der Waals surface area contributed by atoms with Gasteiger partial charge in [-0.05, 0) is 17.7 Å². The Balaban J connectivity index is 1.70. The van der Waals surface area contributed by atoms with Gasteiger partial charge in [-0.15, -0.1) is 0 Å². The summed E-state index contributed by atoms with van der Waals surface area (Å²) < 4.78 is 6.51. The van der Waals surface area contributed by atoms with Crippen LogP contribution in [0.25, 0.3) is 0 Å². The monoisotopic (exact) mass is 310 g/mol. The lowest BCUT2D eigenvalue weighted by Crippen LogP contribution is -2.18. The molecule has 18 heavy (non-hydrogen) atoms. The van der Waals surface area contributed by atoms with Crippen molar-refractivity contribution in [3.05, 3.63) is 52.5 Å². The maximum atomic E-state index is 9.75. The standard InChI is InChI=1S/C13H15BrN2O2/c14-11-3-1-10(2-4-11)8-18-9-12(17)7-13-15-5-6-16-13/h1-6,12,17H,7-9H2,(H,15,16). The first-order chi connectivity index (χ1) is 8.74. The maximum absolute atomic E-state index is 9.75. The summed E-state index contributed by atoms with van der Waals surface area (Å²) in [6.07, 6.45) is 3.36. The van der Waals surface area contributed by atoms with Crippen LogP contribution in [-0.4, -0.2) is 27.8 Å². The second kappa shape index (κ2) is 6.68. The number of nitrogens with one attached hydrogen (secondary N) is 1. The van der Waals surface area contributed by atoms with Gasteiger partial charge in [-0.1, -0.05) is 28.1 Å². The van der Waals surface area contributed by atoms with E-state index in [2.05, 4.69) is 25.9 Å². The first kappa shape index (κ1) is 13.3. The molecule has 4 nitrogen and oxygen atoms in total. The predicted molar refractivity (Wildman–Crippen MR) is 72.1 cm³/mol. The van der Waals surface area contributed by atoms with Crippen LogP contribution >= 0.6 is 15.9 Å². The van der Waals surface area contributed by atoms with Crippen LogP contribution in [0.2, 0.25) is 0 Å². The molecule has 0 aliphatic heterocycles. The van der Waals surface area contributed by atoms with E-state index < -0.39 is 6.10 Å². The smallest absolute Gasteiger partial charge is 0.108 e. The lowest BCUT2D eigenvalue weighted by molar-refractivity contribution is 0.0280. The summed E-state index contributed by atoms with van der Waals surface area (Å²) >= 11 is 3.38. The van der Waals surface area contributed by atoms with Gasteiger partial charge in [-0.3, -0.25) is 0 Å². The Morgan fingerprint density at radius 3 is 2.78 bits per heavy atom. The number of nitrogens with zero attached hydrogens (tertiary/aromatic N) is 1. The normalized spacial score (nSPS) is 12.6. The lowest BCUT2D eigenvalue weighted by Gasteiger charge is -2.10. The van der Waals surface area contributed by atoms with Crippen molar-refractivity contribution < 1.29 is 9.84 Å². The Labute approximate surface area is 114 Å². The molecule has 0 fully saturated rings. The maximum Gasteiger partial charge on any atom is 0.108 e. The summed E-state index contributed by atoms with van der Waals surface area (Å²) in [5.74, 6) is 0.773. The van der Waals surface area contributed by atoms with Crippen LogP contribution in [0.3, 0.4) is 0 Å². The van der Waals surface area contributed by atoms with Crippen LogP contribution in [0.15, 0.2) is 41.1 Å². The minimum atomic E-state index is -0.536. The van der Waals surface area contributed by atoms with E-state index in [0.29, 0.717) is 19.6 Å². The first-order valence-electron chi connectivity index (χ1n) is 5.72. The van der Waals surface area contributed by atoms with Crippen molar-refractivity contribution in [3.63, 3.8) is 0 Å². The van der Waals surface area contributed by atoms with Gasteiger partial charge in [-0.2, -0.15) is 0 Å². The van der Waals surface area contributed by atoms with Gasteiger partial charge in [0, 0.05) is 23.3 Å². The Kier molecular flexibility index (Phi) is 4.92. The number of H-pyrrole nitrogens is 1. The topological polar surface area (TPSA) is 58.1 Å². The van der Waals surface area contributed by atoms with Gasteiger partial charge < -0.3 is 14.8 Å². The predicted octanol–water partition coefficient (Wildman–Crippen LogP) is 2.29. The minimum absolute atomic E-state index is 0.302. The van der Waals surface area contributed by atoms with Gasteiger partial charge in [0.1, 0.15) is 5.82 Å². The molecule has 2 aromatic rings. The van der Waals surface area contributed by atoms with E-state index in [1.165, 1.54) is 0 Å². The Bertz CT molecular complexity index is 456. The van der Waals surface area contributed by atoms with Crippen LogP contribution in [0.1, 0.15) is 11.4 Å². The average molecular weight is 311 g/mol. The van der Waals surface area contributed by atoms with Gasteiger partial charge in [0.25, 0.3) is 0 Å². The van der Waals surface area contributed by atoms with Crippen molar-refractivity contribution in [2.24, 2.45) is 0 Å². The number of benzene rings is 1. The third-order valence-electron chi connectivity index (χ3n) is 2.48. The number of imidazole rings is 1. The summed E-state index contributed by atoms with van der Waals surface area (Å²) in [4.78, 5) is 7.01. The van der Waals surface area contributed by atoms with Crippen molar-refractivity contribution in [1.29, 1.82) is 0 Å². The molecule has 0 aliphatic carbocycles. The highest BCUT2D eigenvalue weighted by Gasteiger charge is 2.07. The minimum Gasteiger partial charge on any atom is -0.390 e.